The third kappa shape index (κ3) is 2.88. The molecule has 0 spiro atoms. The highest BCUT2D eigenvalue weighted by atomic mass is 16.5. The molecule has 1 aromatic heterocycles. The molecule has 5 heteroatoms. The lowest BCUT2D eigenvalue weighted by Crippen LogP contribution is -2.27. The smallest absolute Gasteiger partial charge is 0.345 e. The van der Waals surface area contributed by atoms with E-state index < -0.39 is 11.5 Å². The minimum Gasteiger partial charge on any atom is -0.465 e. The Morgan fingerprint density at radius 3 is 2.63 bits per heavy atom. The number of carbonyl (C=O) groups is 1. The third-order valence-corrected chi connectivity index (χ3v) is 2.78. The van der Waals surface area contributed by atoms with Gasteiger partial charge in [-0.3, -0.25) is 9.36 Å². The average molecular weight is 258 g/mol. The van der Waals surface area contributed by atoms with Crippen molar-refractivity contribution in [1.82, 2.24) is 9.55 Å². The van der Waals surface area contributed by atoms with Gasteiger partial charge in [-0.2, -0.15) is 0 Å². The van der Waals surface area contributed by atoms with E-state index >= 15 is 0 Å². The number of aryl methyl sites for hydroxylation is 1. The van der Waals surface area contributed by atoms with Crippen molar-refractivity contribution in [1.29, 1.82) is 0 Å². The van der Waals surface area contributed by atoms with Gasteiger partial charge in [0.15, 0.2) is 0 Å². The lowest BCUT2D eigenvalue weighted by atomic mass is 10.1. The molecule has 5 nitrogen and oxygen atoms in total. The van der Waals surface area contributed by atoms with Crippen molar-refractivity contribution in [2.45, 2.75) is 13.5 Å². The molecule has 19 heavy (non-hydrogen) atoms. The molecule has 98 valence electrons. The maximum Gasteiger partial charge on any atom is 0.345 e. The van der Waals surface area contributed by atoms with Gasteiger partial charge in [0.2, 0.25) is 0 Å². The summed E-state index contributed by atoms with van der Waals surface area (Å²) in [5.74, 6) is -0.671. The molecule has 0 aliphatic carbocycles. The van der Waals surface area contributed by atoms with Crippen molar-refractivity contribution >= 4 is 5.97 Å². The number of methoxy groups -OCH3 is 1. The zero-order valence-corrected chi connectivity index (χ0v) is 10.8. The number of hydrogen-bond donors (Lipinski definition) is 0. The normalized spacial score (nSPS) is 10.2. The van der Waals surface area contributed by atoms with Gasteiger partial charge in [0, 0.05) is 6.20 Å². The van der Waals surface area contributed by atoms with Crippen molar-refractivity contribution in [3.63, 3.8) is 0 Å². The molecular formula is C14H14N2O3. The van der Waals surface area contributed by atoms with E-state index in [0.29, 0.717) is 6.54 Å². The van der Waals surface area contributed by atoms with Crippen LogP contribution < -0.4 is 5.56 Å². The summed E-state index contributed by atoms with van der Waals surface area (Å²) in [6.07, 6.45) is 2.63. The zero-order chi connectivity index (χ0) is 13.8. The minimum atomic E-state index is -0.671. The molecule has 0 amide bonds. The standard InChI is InChI=1S/C14H14N2O3/c1-10-3-5-11(6-4-10)8-16-9-15-7-12(13(16)17)14(18)19-2/h3-7,9H,8H2,1-2H3. The fourth-order valence-corrected chi connectivity index (χ4v) is 1.70. The Balaban J connectivity index is 2.33. The SMILES string of the molecule is COC(=O)c1cncn(Cc2ccc(C)cc2)c1=O. The summed E-state index contributed by atoms with van der Waals surface area (Å²) in [7, 11) is 1.24. The van der Waals surface area contributed by atoms with Gasteiger partial charge < -0.3 is 4.74 Å². The first-order valence-electron chi connectivity index (χ1n) is 5.80. The monoisotopic (exact) mass is 258 g/mol. The van der Waals surface area contributed by atoms with Crippen molar-refractivity contribution in [2.24, 2.45) is 0 Å². The van der Waals surface area contributed by atoms with E-state index in [1.165, 1.54) is 24.2 Å². The van der Waals surface area contributed by atoms with Crippen LogP contribution in [0, 0.1) is 6.92 Å². The van der Waals surface area contributed by atoms with Crippen molar-refractivity contribution in [3.05, 3.63) is 63.8 Å². The molecule has 0 bridgehead atoms. The van der Waals surface area contributed by atoms with Gasteiger partial charge in [-0.25, -0.2) is 9.78 Å². The number of esters is 1. The summed E-state index contributed by atoms with van der Waals surface area (Å²) in [5.41, 5.74) is 1.66. The zero-order valence-electron chi connectivity index (χ0n) is 10.8. The van der Waals surface area contributed by atoms with Gasteiger partial charge >= 0.3 is 5.97 Å². The Kier molecular flexibility index (Phi) is 3.75. The molecular weight excluding hydrogens is 244 g/mol. The molecule has 1 heterocycles. The molecule has 2 aromatic rings. The fraction of sp³-hybridized carbons (Fsp3) is 0.214. The van der Waals surface area contributed by atoms with Crippen LogP contribution in [0.25, 0.3) is 0 Å². The van der Waals surface area contributed by atoms with E-state index in [0.717, 1.165) is 11.1 Å². The van der Waals surface area contributed by atoms with E-state index in [1.807, 2.05) is 31.2 Å². The highest BCUT2D eigenvalue weighted by Gasteiger charge is 2.12. The Morgan fingerprint density at radius 2 is 2.00 bits per heavy atom. The van der Waals surface area contributed by atoms with Crippen LogP contribution in [0.1, 0.15) is 21.5 Å². The van der Waals surface area contributed by atoms with E-state index in [1.54, 1.807) is 0 Å². The summed E-state index contributed by atoms with van der Waals surface area (Å²) >= 11 is 0. The number of aromatic nitrogens is 2. The predicted molar refractivity (Wildman–Crippen MR) is 70.1 cm³/mol. The third-order valence-electron chi connectivity index (χ3n) is 2.78. The van der Waals surface area contributed by atoms with Crippen LogP contribution in [0.2, 0.25) is 0 Å². The Hall–Kier alpha value is -2.43. The van der Waals surface area contributed by atoms with Crippen LogP contribution in [-0.4, -0.2) is 22.6 Å². The lowest BCUT2D eigenvalue weighted by molar-refractivity contribution is 0.0597. The summed E-state index contributed by atoms with van der Waals surface area (Å²) in [6.45, 7) is 2.37. The fourth-order valence-electron chi connectivity index (χ4n) is 1.70. The quantitative estimate of drug-likeness (QED) is 0.780. The Labute approximate surface area is 110 Å². The van der Waals surface area contributed by atoms with Crippen LogP contribution >= 0.6 is 0 Å². The molecule has 0 aliphatic rings. The molecule has 1 aromatic carbocycles. The Bertz CT molecular complexity index is 644. The number of carbonyl (C=O) groups excluding carboxylic acids is 1. The molecule has 0 atom stereocenters. The molecule has 2 rings (SSSR count). The number of ether oxygens (including phenoxy) is 1. The van der Waals surface area contributed by atoms with Gasteiger partial charge in [-0.15, -0.1) is 0 Å². The maximum atomic E-state index is 12.1. The second-order valence-electron chi connectivity index (χ2n) is 4.22. The molecule has 0 aliphatic heterocycles. The van der Waals surface area contributed by atoms with Gasteiger partial charge in [-0.05, 0) is 12.5 Å². The first kappa shape index (κ1) is 13.0. The van der Waals surface area contributed by atoms with Crippen LogP contribution in [0.4, 0.5) is 0 Å². The summed E-state index contributed by atoms with van der Waals surface area (Å²) in [4.78, 5) is 27.4. The molecule has 0 saturated heterocycles. The van der Waals surface area contributed by atoms with Crippen molar-refractivity contribution in [3.8, 4) is 0 Å². The van der Waals surface area contributed by atoms with E-state index in [4.69, 9.17) is 0 Å². The first-order valence-corrected chi connectivity index (χ1v) is 5.80. The Morgan fingerprint density at radius 1 is 1.32 bits per heavy atom. The first-order chi connectivity index (χ1) is 9.11. The van der Waals surface area contributed by atoms with Gasteiger partial charge in [0.05, 0.1) is 20.0 Å². The summed E-state index contributed by atoms with van der Waals surface area (Å²) in [6, 6.07) is 7.81. The number of nitrogens with zero attached hydrogens (tertiary/aromatic N) is 2. The van der Waals surface area contributed by atoms with E-state index in [9.17, 15) is 9.59 Å². The maximum absolute atomic E-state index is 12.1. The minimum absolute atomic E-state index is 0.0582. The van der Waals surface area contributed by atoms with E-state index in [2.05, 4.69) is 9.72 Å². The molecule has 0 N–H and O–H groups in total. The van der Waals surface area contributed by atoms with Crippen LogP contribution in [0.5, 0.6) is 0 Å². The van der Waals surface area contributed by atoms with Gasteiger partial charge in [0.1, 0.15) is 5.56 Å². The van der Waals surface area contributed by atoms with Gasteiger partial charge in [-0.1, -0.05) is 29.8 Å². The summed E-state index contributed by atoms with van der Waals surface area (Å²) < 4.78 is 5.93. The second kappa shape index (κ2) is 5.48. The predicted octanol–water partition coefficient (Wildman–Crippen LogP) is 1.39. The number of rotatable bonds is 3. The number of benzene rings is 1. The molecule has 0 fully saturated rings. The van der Waals surface area contributed by atoms with Gasteiger partial charge in [0.25, 0.3) is 5.56 Å². The van der Waals surface area contributed by atoms with Crippen LogP contribution in [0.3, 0.4) is 0 Å². The topological polar surface area (TPSA) is 61.2 Å². The molecule has 0 radical (unpaired) electrons. The summed E-state index contributed by atoms with van der Waals surface area (Å²) in [5, 5.41) is 0. The molecule has 0 unspecified atom stereocenters. The van der Waals surface area contributed by atoms with Crippen LogP contribution in [0.15, 0.2) is 41.6 Å². The largest absolute Gasteiger partial charge is 0.465 e. The molecule has 0 saturated carbocycles. The average Bonchev–Trinajstić information content (AvgIpc) is 2.43. The lowest BCUT2D eigenvalue weighted by Gasteiger charge is -2.07. The highest BCUT2D eigenvalue weighted by molar-refractivity contribution is 5.88. The number of hydrogen-bond acceptors (Lipinski definition) is 4. The van der Waals surface area contributed by atoms with E-state index in [-0.39, 0.29) is 5.56 Å². The van der Waals surface area contributed by atoms with Crippen molar-refractivity contribution < 1.29 is 9.53 Å². The van der Waals surface area contributed by atoms with Crippen molar-refractivity contribution in [2.75, 3.05) is 7.11 Å². The highest BCUT2D eigenvalue weighted by Crippen LogP contribution is 2.04. The van der Waals surface area contributed by atoms with Crippen LogP contribution in [-0.2, 0) is 11.3 Å². The second-order valence-corrected chi connectivity index (χ2v) is 4.22.